The minimum atomic E-state index is -0.864. The van der Waals surface area contributed by atoms with E-state index in [1.54, 1.807) is 0 Å². The standard InChI is InChI=1S/C22H22N2O/c1-2-19(25)13-14-22(16-23)20(17-9-5-3-6-10-17)15-21(24-22)18-11-7-4-8-12-18/h3-12,20H,2,13-15H2,1H3/t20-,22+/m1/s1. The third-order valence-electron chi connectivity index (χ3n) is 4.99. The smallest absolute Gasteiger partial charge is 0.154 e. The van der Waals surface area contributed by atoms with E-state index in [0.29, 0.717) is 19.3 Å². The number of nitriles is 1. The van der Waals surface area contributed by atoms with Gasteiger partial charge in [0.2, 0.25) is 0 Å². The van der Waals surface area contributed by atoms with E-state index in [9.17, 15) is 10.1 Å². The van der Waals surface area contributed by atoms with Crippen molar-refractivity contribution in [2.75, 3.05) is 0 Å². The Morgan fingerprint density at radius 1 is 1.16 bits per heavy atom. The molecule has 2 atom stereocenters. The van der Waals surface area contributed by atoms with Crippen molar-refractivity contribution in [3.8, 4) is 6.07 Å². The van der Waals surface area contributed by atoms with E-state index in [4.69, 9.17) is 4.99 Å². The van der Waals surface area contributed by atoms with E-state index in [1.165, 1.54) is 0 Å². The second-order valence-corrected chi connectivity index (χ2v) is 6.52. The summed E-state index contributed by atoms with van der Waals surface area (Å²) in [6.07, 6.45) is 2.11. The lowest BCUT2D eigenvalue weighted by molar-refractivity contribution is -0.119. The molecule has 3 nitrogen and oxygen atoms in total. The highest BCUT2D eigenvalue weighted by molar-refractivity contribution is 6.03. The van der Waals surface area contributed by atoms with Crippen molar-refractivity contribution in [1.29, 1.82) is 5.26 Å². The molecule has 1 aliphatic heterocycles. The number of carbonyl (C=O) groups is 1. The van der Waals surface area contributed by atoms with Gasteiger partial charge >= 0.3 is 0 Å². The van der Waals surface area contributed by atoms with E-state index >= 15 is 0 Å². The molecule has 0 N–H and O–H groups in total. The Bertz CT molecular complexity index is 805. The van der Waals surface area contributed by atoms with Crippen LogP contribution < -0.4 is 0 Å². The number of Topliss-reactive ketones (excluding diaryl/α,β-unsaturated/α-hetero) is 1. The van der Waals surface area contributed by atoms with Crippen molar-refractivity contribution >= 4 is 11.5 Å². The Morgan fingerprint density at radius 3 is 2.40 bits per heavy atom. The number of carbonyl (C=O) groups excluding carboxylic acids is 1. The quantitative estimate of drug-likeness (QED) is 0.772. The van der Waals surface area contributed by atoms with E-state index in [1.807, 2.05) is 55.5 Å². The van der Waals surface area contributed by atoms with Gasteiger partial charge in [-0.3, -0.25) is 9.79 Å². The lowest BCUT2D eigenvalue weighted by Gasteiger charge is -2.26. The zero-order chi connectivity index (χ0) is 17.7. The maximum Gasteiger partial charge on any atom is 0.154 e. The van der Waals surface area contributed by atoms with Crippen LogP contribution in [0.5, 0.6) is 0 Å². The monoisotopic (exact) mass is 330 g/mol. The van der Waals surface area contributed by atoms with Gasteiger partial charge in [-0.05, 0) is 17.5 Å². The van der Waals surface area contributed by atoms with Crippen LogP contribution in [0, 0.1) is 11.3 Å². The molecule has 1 aliphatic rings. The van der Waals surface area contributed by atoms with Crippen molar-refractivity contribution in [2.24, 2.45) is 4.99 Å². The molecule has 0 saturated heterocycles. The summed E-state index contributed by atoms with van der Waals surface area (Å²) in [4.78, 5) is 16.7. The molecule has 3 heteroatoms. The number of rotatable bonds is 6. The Labute approximate surface area is 149 Å². The Balaban J connectivity index is 1.99. The lowest BCUT2D eigenvalue weighted by Crippen LogP contribution is -2.30. The van der Waals surface area contributed by atoms with Crippen LogP contribution in [0.4, 0.5) is 0 Å². The second-order valence-electron chi connectivity index (χ2n) is 6.52. The molecular weight excluding hydrogens is 308 g/mol. The molecule has 0 bridgehead atoms. The summed E-state index contributed by atoms with van der Waals surface area (Å²) >= 11 is 0. The van der Waals surface area contributed by atoms with Gasteiger partial charge in [-0.1, -0.05) is 67.6 Å². The maximum atomic E-state index is 11.9. The first kappa shape index (κ1) is 17.1. The maximum absolute atomic E-state index is 11.9. The van der Waals surface area contributed by atoms with Crippen LogP contribution in [0.15, 0.2) is 65.7 Å². The molecule has 126 valence electrons. The van der Waals surface area contributed by atoms with Gasteiger partial charge in [-0.2, -0.15) is 5.26 Å². The van der Waals surface area contributed by atoms with Gasteiger partial charge < -0.3 is 0 Å². The molecule has 2 aromatic carbocycles. The highest BCUT2D eigenvalue weighted by Crippen LogP contribution is 2.44. The van der Waals surface area contributed by atoms with Crippen LogP contribution in [0.2, 0.25) is 0 Å². The third-order valence-corrected chi connectivity index (χ3v) is 4.99. The molecule has 0 radical (unpaired) electrons. The fourth-order valence-corrected chi connectivity index (χ4v) is 3.51. The summed E-state index contributed by atoms with van der Waals surface area (Å²) in [5.74, 6) is 0.170. The van der Waals surface area contributed by atoms with Crippen molar-refractivity contribution in [2.45, 2.75) is 44.1 Å². The fourth-order valence-electron chi connectivity index (χ4n) is 3.51. The Morgan fingerprint density at radius 2 is 1.80 bits per heavy atom. The predicted octanol–water partition coefficient (Wildman–Crippen LogP) is 4.68. The lowest BCUT2D eigenvalue weighted by atomic mass is 9.77. The van der Waals surface area contributed by atoms with Crippen LogP contribution in [-0.2, 0) is 4.79 Å². The van der Waals surface area contributed by atoms with Gasteiger partial charge in [0.1, 0.15) is 5.78 Å². The van der Waals surface area contributed by atoms with E-state index < -0.39 is 5.54 Å². The zero-order valence-corrected chi connectivity index (χ0v) is 14.5. The second kappa shape index (κ2) is 7.44. The summed E-state index contributed by atoms with van der Waals surface area (Å²) in [5.41, 5.74) is 2.27. The number of hydrogen-bond donors (Lipinski definition) is 0. The fraction of sp³-hybridized carbons (Fsp3) is 0.318. The zero-order valence-electron chi connectivity index (χ0n) is 14.5. The van der Waals surface area contributed by atoms with Crippen LogP contribution in [0.3, 0.4) is 0 Å². The molecule has 0 unspecified atom stereocenters. The molecule has 2 aromatic rings. The molecular formula is C22H22N2O. The van der Waals surface area contributed by atoms with Crippen LogP contribution >= 0.6 is 0 Å². The Kier molecular flexibility index (Phi) is 5.09. The van der Waals surface area contributed by atoms with Crippen LogP contribution in [0.25, 0.3) is 0 Å². The van der Waals surface area contributed by atoms with Crippen LogP contribution in [0.1, 0.15) is 49.7 Å². The third kappa shape index (κ3) is 3.53. The van der Waals surface area contributed by atoms with Gasteiger partial charge in [0, 0.05) is 30.9 Å². The summed E-state index contributed by atoms with van der Waals surface area (Å²) in [6.45, 7) is 1.86. The van der Waals surface area contributed by atoms with Crippen molar-refractivity contribution in [3.63, 3.8) is 0 Å². The molecule has 0 aliphatic carbocycles. The van der Waals surface area contributed by atoms with Gasteiger partial charge in [0.25, 0.3) is 0 Å². The average Bonchev–Trinajstić information content (AvgIpc) is 3.08. The number of benzene rings is 2. The number of nitrogens with zero attached hydrogens (tertiary/aromatic N) is 2. The predicted molar refractivity (Wildman–Crippen MR) is 99.7 cm³/mol. The molecule has 25 heavy (non-hydrogen) atoms. The normalized spacial score (nSPS) is 22.2. The highest BCUT2D eigenvalue weighted by Gasteiger charge is 2.45. The van der Waals surface area contributed by atoms with Crippen molar-refractivity contribution < 1.29 is 4.79 Å². The van der Waals surface area contributed by atoms with E-state index in [-0.39, 0.29) is 11.7 Å². The summed E-state index contributed by atoms with van der Waals surface area (Å²) in [7, 11) is 0. The topological polar surface area (TPSA) is 53.2 Å². The molecule has 0 amide bonds. The molecule has 0 fully saturated rings. The summed E-state index contributed by atoms with van der Waals surface area (Å²) in [6, 6.07) is 22.6. The minimum absolute atomic E-state index is 0.0152. The van der Waals surface area contributed by atoms with Crippen molar-refractivity contribution in [3.05, 3.63) is 71.8 Å². The van der Waals surface area contributed by atoms with Gasteiger partial charge in [-0.25, -0.2) is 0 Å². The summed E-state index contributed by atoms with van der Waals surface area (Å²) < 4.78 is 0. The molecule has 3 rings (SSSR count). The SMILES string of the molecule is CCC(=O)CC[C@@]1(C#N)N=C(c2ccccc2)C[C@@H]1c1ccccc1. The first-order valence-corrected chi connectivity index (χ1v) is 8.80. The van der Waals surface area contributed by atoms with Gasteiger partial charge in [-0.15, -0.1) is 0 Å². The van der Waals surface area contributed by atoms with Gasteiger partial charge in [0.15, 0.2) is 5.54 Å². The molecule has 0 saturated carbocycles. The first-order valence-electron chi connectivity index (χ1n) is 8.80. The highest BCUT2D eigenvalue weighted by atomic mass is 16.1. The summed E-state index contributed by atoms with van der Waals surface area (Å²) in [5, 5.41) is 10.0. The average molecular weight is 330 g/mol. The van der Waals surface area contributed by atoms with Crippen molar-refractivity contribution in [1.82, 2.24) is 0 Å². The number of ketones is 1. The molecule has 1 heterocycles. The number of hydrogen-bond acceptors (Lipinski definition) is 3. The first-order chi connectivity index (χ1) is 12.2. The number of aliphatic imine (C=N–C) groups is 1. The molecule has 0 spiro atoms. The van der Waals surface area contributed by atoms with Crippen LogP contribution in [-0.4, -0.2) is 17.0 Å². The minimum Gasteiger partial charge on any atom is -0.300 e. The van der Waals surface area contributed by atoms with E-state index in [2.05, 4.69) is 18.2 Å². The molecule has 0 aromatic heterocycles. The van der Waals surface area contributed by atoms with E-state index in [0.717, 1.165) is 23.3 Å². The van der Waals surface area contributed by atoms with Gasteiger partial charge in [0.05, 0.1) is 6.07 Å². The largest absolute Gasteiger partial charge is 0.300 e. The Hall–Kier alpha value is -2.73.